The summed E-state index contributed by atoms with van der Waals surface area (Å²) in [6.45, 7) is 7.49. The average Bonchev–Trinajstić information content (AvgIpc) is 2.62. The van der Waals surface area contributed by atoms with Crippen LogP contribution in [-0.4, -0.2) is 23.0 Å². The predicted molar refractivity (Wildman–Crippen MR) is 114 cm³/mol. The van der Waals surface area contributed by atoms with Crippen LogP contribution in [0.5, 0.6) is 0 Å². The fourth-order valence-corrected chi connectivity index (χ4v) is 4.49. The monoisotopic (exact) mass is 404 g/mol. The first-order chi connectivity index (χ1) is 13.2. The first kappa shape index (κ1) is 22.5. The van der Waals surface area contributed by atoms with Crippen LogP contribution in [0, 0.1) is 11.3 Å². The van der Waals surface area contributed by atoms with Gasteiger partial charge in [-0.25, -0.2) is 0 Å². The molecule has 1 saturated carbocycles. The van der Waals surface area contributed by atoms with Crippen LogP contribution in [0.1, 0.15) is 66.2 Å². The van der Waals surface area contributed by atoms with Gasteiger partial charge in [0.15, 0.2) is 0 Å². The van der Waals surface area contributed by atoms with E-state index in [9.17, 15) is 14.4 Å². The minimum atomic E-state index is -0.540. The first-order valence-corrected chi connectivity index (χ1v) is 10.9. The van der Waals surface area contributed by atoms with Gasteiger partial charge < -0.3 is 10.6 Å². The van der Waals surface area contributed by atoms with Gasteiger partial charge >= 0.3 is 0 Å². The topological polar surface area (TPSA) is 75.3 Å². The summed E-state index contributed by atoms with van der Waals surface area (Å²) < 4.78 is 0. The van der Waals surface area contributed by atoms with Gasteiger partial charge in [0.1, 0.15) is 0 Å². The molecule has 28 heavy (non-hydrogen) atoms. The van der Waals surface area contributed by atoms with Gasteiger partial charge in [0.05, 0.1) is 11.7 Å². The second-order valence-corrected chi connectivity index (χ2v) is 9.42. The van der Waals surface area contributed by atoms with Crippen LogP contribution < -0.4 is 10.6 Å². The molecule has 0 heterocycles. The van der Waals surface area contributed by atoms with E-state index in [1.807, 2.05) is 45.0 Å². The molecule has 154 valence electrons. The summed E-state index contributed by atoms with van der Waals surface area (Å²) in [7, 11) is 0. The highest BCUT2D eigenvalue weighted by Gasteiger charge is 2.35. The number of para-hydroxylation sites is 1. The van der Waals surface area contributed by atoms with Crippen LogP contribution in [0.15, 0.2) is 29.2 Å². The minimum absolute atomic E-state index is 0.0216. The van der Waals surface area contributed by atoms with Crippen molar-refractivity contribution in [1.82, 2.24) is 5.32 Å². The molecular weight excluding hydrogens is 372 g/mol. The molecule has 5 nitrogen and oxygen atoms in total. The van der Waals surface area contributed by atoms with Crippen LogP contribution in [-0.2, 0) is 14.4 Å². The van der Waals surface area contributed by atoms with Gasteiger partial charge in [-0.2, -0.15) is 0 Å². The number of benzene rings is 1. The van der Waals surface area contributed by atoms with Gasteiger partial charge in [-0.3, -0.25) is 14.4 Å². The highest BCUT2D eigenvalue weighted by molar-refractivity contribution is 8.14. The Labute approximate surface area is 172 Å². The standard InChI is InChI=1S/C22H32N2O3S/c1-15(2)14-18(23-16(3)25)20(26)28-19-11-7-6-10-17(19)24-21(27)22(4)12-8-5-9-13-22/h6-7,10-11,15,18H,5,8-9,12-14H2,1-4H3,(H,23,25)(H,24,27)/t18-/m0/s1. The number of carbonyl (C=O) groups excluding carboxylic acids is 3. The lowest BCUT2D eigenvalue weighted by Gasteiger charge is -2.32. The summed E-state index contributed by atoms with van der Waals surface area (Å²) in [5.74, 6) is 0.0855. The maximum atomic E-state index is 12.9. The maximum absolute atomic E-state index is 12.9. The number of nitrogens with one attached hydrogen (secondary N) is 2. The van der Waals surface area contributed by atoms with E-state index in [4.69, 9.17) is 0 Å². The molecule has 1 fully saturated rings. The van der Waals surface area contributed by atoms with Gasteiger partial charge in [-0.05, 0) is 49.1 Å². The Balaban J connectivity index is 2.13. The number of hydrogen-bond donors (Lipinski definition) is 2. The third kappa shape index (κ3) is 6.36. The molecule has 0 radical (unpaired) electrons. The van der Waals surface area contributed by atoms with E-state index >= 15 is 0 Å². The Bertz CT molecular complexity index is 711. The Hall–Kier alpha value is -1.82. The molecule has 1 aromatic carbocycles. The highest BCUT2D eigenvalue weighted by Crippen LogP contribution is 2.38. The minimum Gasteiger partial charge on any atom is -0.346 e. The molecule has 2 N–H and O–H groups in total. The van der Waals surface area contributed by atoms with E-state index in [0.717, 1.165) is 37.4 Å². The zero-order valence-electron chi connectivity index (χ0n) is 17.3. The fraction of sp³-hybridized carbons (Fsp3) is 0.591. The molecular formula is C22H32N2O3S. The molecule has 1 aliphatic carbocycles. The largest absolute Gasteiger partial charge is 0.346 e. The van der Waals surface area contributed by atoms with Crippen molar-refractivity contribution in [2.24, 2.45) is 11.3 Å². The summed E-state index contributed by atoms with van der Waals surface area (Å²) in [6, 6.07) is 6.83. The van der Waals surface area contributed by atoms with Gasteiger partial charge in [-0.15, -0.1) is 0 Å². The van der Waals surface area contributed by atoms with Crippen molar-refractivity contribution in [3.05, 3.63) is 24.3 Å². The summed E-state index contributed by atoms with van der Waals surface area (Å²) >= 11 is 1.08. The van der Waals surface area contributed by atoms with Crippen LogP contribution >= 0.6 is 11.8 Å². The molecule has 1 atom stereocenters. The Kier molecular flexibility index (Phi) is 8.10. The van der Waals surface area contributed by atoms with Crippen LogP contribution in [0.4, 0.5) is 5.69 Å². The Morgan fingerprint density at radius 2 is 1.75 bits per heavy atom. The molecule has 2 rings (SSSR count). The summed E-state index contributed by atoms with van der Waals surface area (Å²) in [4.78, 5) is 37.9. The number of amides is 2. The Morgan fingerprint density at radius 3 is 2.36 bits per heavy atom. The summed E-state index contributed by atoms with van der Waals surface area (Å²) in [5.41, 5.74) is 0.305. The number of thioether (sulfide) groups is 1. The molecule has 0 unspecified atom stereocenters. The zero-order valence-corrected chi connectivity index (χ0v) is 18.2. The van der Waals surface area contributed by atoms with Crippen molar-refractivity contribution in [1.29, 1.82) is 0 Å². The quantitative estimate of drug-likeness (QED) is 0.642. The van der Waals surface area contributed by atoms with Crippen LogP contribution in [0.3, 0.4) is 0 Å². The molecule has 0 saturated heterocycles. The third-order valence-corrected chi connectivity index (χ3v) is 6.28. The normalized spacial score (nSPS) is 17.0. The zero-order chi connectivity index (χ0) is 20.7. The average molecular weight is 405 g/mol. The maximum Gasteiger partial charge on any atom is 0.230 e. The van der Waals surface area contributed by atoms with Crippen molar-refractivity contribution in [3.8, 4) is 0 Å². The van der Waals surface area contributed by atoms with E-state index in [-0.39, 0.29) is 28.3 Å². The van der Waals surface area contributed by atoms with E-state index in [0.29, 0.717) is 17.0 Å². The lowest BCUT2D eigenvalue weighted by molar-refractivity contribution is -0.126. The Morgan fingerprint density at radius 1 is 1.11 bits per heavy atom. The van der Waals surface area contributed by atoms with Crippen molar-refractivity contribution in [2.75, 3.05) is 5.32 Å². The summed E-state index contributed by atoms with van der Waals surface area (Å²) in [5, 5.41) is 5.68. The number of anilines is 1. The van der Waals surface area contributed by atoms with Gasteiger partial charge in [0.25, 0.3) is 0 Å². The van der Waals surface area contributed by atoms with Gasteiger partial charge in [0, 0.05) is 17.2 Å². The van der Waals surface area contributed by atoms with Gasteiger partial charge in [-0.1, -0.05) is 52.2 Å². The van der Waals surface area contributed by atoms with Crippen molar-refractivity contribution < 1.29 is 14.4 Å². The SMILES string of the molecule is CC(=O)N[C@@H](CC(C)C)C(=O)Sc1ccccc1NC(=O)C1(C)CCCCC1. The lowest BCUT2D eigenvalue weighted by Crippen LogP contribution is -2.39. The fourth-order valence-electron chi connectivity index (χ4n) is 3.60. The van der Waals surface area contributed by atoms with E-state index in [1.165, 1.54) is 13.3 Å². The van der Waals surface area contributed by atoms with Crippen molar-refractivity contribution in [3.63, 3.8) is 0 Å². The number of hydrogen-bond acceptors (Lipinski definition) is 4. The molecule has 0 bridgehead atoms. The first-order valence-electron chi connectivity index (χ1n) is 10.1. The number of carbonyl (C=O) groups is 3. The van der Waals surface area contributed by atoms with Crippen molar-refractivity contribution in [2.45, 2.75) is 77.2 Å². The molecule has 1 aliphatic rings. The second-order valence-electron chi connectivity index (χ2n) is 8.38. The van der Waals surface area contributed by atoms with E-state index in [1.54, 1.807) is 0 Å². The van der Waals surface area contributed by atoms with Crippen molar-refractivity contribution >= 4 is 34.4 Å². The lowest BCUT2D eigenvalue weighted by atomic mass is 9.75. The van der Waals surface area contributed by atoms with Crippen LogP contribution in [0.25, 0.3) is 0 Å². The predicted octanol–water partition coefficient (Wildman–Crippen LogP) is 4.77. The molecule has 0 aromatic heterocycles. The molecule has 2 amide bonds. The molecule has 0 spiro atoms. The highest BCUT2D eigenvalue weighted by atomic mass is 32.2. The summed E-state index contributed by atoms with van der Waals surface area (Å²) in [6.07, 6.45) is 5.71. The van der Waals surface area contributed by atoms with Crippen LogP contribution in [0.2, 0.25) is 0 Å². The smallest absolute Gasteiger partial charge is 0.230 e. The number of rotatable bonds is 7. The van der Waals surface area contributed by atoms with E-state index < -0.39 is 6.04 Å². The van der Waals surface area contributed by atoms with Gasteiger partial charge in [0.2, 0.25) is 16.9 Å². The third-order valence-electron chi connectivity index (χ3n) is 5.22. The molecule has 6 heteroatoms. The van der Waals surface area contributed by atoms with E-state index in [2.05, 4.69) is 10.6 Å². The second kappa shape index (κ2) is 10.1. The molecule has 1 aromatic rings. The molecule has 0 aliphatic heterocycles.